The predicted octanol–water partition coefficient (Wildman–Crippen LogP) is 2.20. The molecule has 0 fully saturated rings. The normalized spacial score (nSPS) is 11.3. The third kappa shape index (κ3) is 5.46. The number of ether oxygens (including phenoxy) is 1. The summed E-state index contributed by atoms with van der Waals surface area (Å²) >= 11 is 0. The van der Waals surface area contributed by atoms with Crippen LogP contribution in [0.25, 0.3) is 0 Å². The summed E-state index contributed by atoms with van der Waals surface area (Å²) < 4.78 is 32.0. The molecule has 2 rings (SSSR count). The van der Waals surface area contributed by atoms with Gasteiger partial charge in [0.25, 0.3) is 15.9 Å². The number of amides is 1. The highest BCUT2D eigenvalue weighted by Gasteiger charge is 2.22. The average molecular weight is 406 g/mol. The molecular weight excluding hydrogens is 378 g/mol. The summed E-state index contributed by atoms with van der Waals surface area (Å²) in [5, 5.41) is 2.86. The maximum Gasteiger partial charge on any atom is 0.264 e. The highest BCUT2D eigenvalue weighted by Crippen LogP contribution is 2.24. The molecule has 0 saturated carbocycles. The van der Waals surface area contributed by atoms with Crippen LogP contribution in [0.3, 0.4) is 0 Å². The first kappa shape index (κ1) is 21.7. The second-order valence-corrected chi connectivity index (χ2v) is 8.58. The molecule has 0 unspecified atom stereocenters. The zero-order valence-corrected chi connectivity index (χ0v) is 17.5. The first-order valence-electron chi connectivity index (χ1n) is 8.91. The highest BCUT2D eigenvalue weighted by molar-refractivity contribution is 7.92. The Bertz CT molecular complexity index is 896. The van der Waals surface area contributed by atoms with E-state index in [0.29, 0.717) is 23.5 Å². The monoisotopic (exact) mass is 405 g/mol. The van der Waals surface area contributed by atoms with E-state index >= 15 is 0 Å². The summed E-state index contributed by atoms with van der Waals surface area (Å²) in [6.07, 6.45) is 0.837. The fourth-order valence-corrected chi connectivity index (χ4v) is 3.77. The van der Waals surface area contributed by atoms with Crippen molar-refractivity contribution in [2.24, 2.45) is 0 Å². The Labute approximate surface area is 167 Å². The van der Waals surface area contributed by atoms with Crippen molar-refractivity contribution in [3.05, 3.63) is 54.1 Å². The summed E-state index contributed by atoms with van der Waals surface area (Å²) in [7, 11) is 3.19. The van der Waals surface area contributed by atoms with E-state index in [9.17, 15) is 13.2 Å². The van der Waals surface area contributed by atoms with E-state index in [-0.39, 0.29) is 10.8 Å². The number of benzene rings is 2. The summed E-state index contributed by atoms with van der Waals surface area (Å²) in [5.41, 5.74) is 0.830. The maximum absolute atomic E-state index is 12.9. The Morgan fingerprint density at radius 3 is 2.36 bits per heavy atom. The Balaban J connectivity index is 2.13. The lowest BCUT2D eigenvalue weighted by Crippen LogP contribution is -2.28. The van der Waals surface area contributed by atoms with Crippen molar-refractivity contribution < 1.29 is 17.9 Å². The number of rotatable bonds is 9. The summed E-state index contributed by atoms with van der Waals surface area (Å²) in [5.74, 6) is 0.352. The molecule has 152 valence electrons. The molecule has 0 radical (unpaired) electrons. The van der Waals surface area contributed by atoms with Gasteiger partial charge in [0.05, 0.1) is 17.7 Å². The lowest BCUT2D eigenvalue weighted by Gasteiger charge is -2.20. The third-order valence-electron chi connectivity index (χ3n) is 4.26. The van der Waals surface area contributed by atoms with Crippen LogP contribution in [0.4, 0.5) is 5.69 Å². The molecule has 0 bridgehead atoms. The molecule has 1 N–H and O–H groups in total. The molecule has 0 heterocycles. The van der Waals surface area contributed by atoms with E-state index in [2.05, 4.69) is 5.32 Å². The van der Waals surface area contributed by atoms with E-state index in [1.54, 1.807) is 36.4 Å². The van der Waals surface area contributed by atoms with Gasteiger partial charge in [-0.15, -0.1) is 0 Å². The third-order valence-corrected chi connectivity index (χ3v) is 6.06. The van der Waals surface area contributed by atoms with E-state index < -0.39 is 10.0 Å². The van der Waals surface area contributed by atoms with E-state index in [0.717, 1.165) is 17.3 Å². The van der Waals surface area contributed by atoms with Crippen molar-refractivity contribution in [1.29, 1.82) is 0 Å². The SMILES string of the molecule is COc1ccc(S(=O)(=O)N(C)c2cccc(C(=O)NCCCN(C)C)c2)cc1. The quantitative estimate of drug-likeness (QED) is 0.647. The molecular formula is C20H27N3O4S. The number of carbonyl (C=O) groups is 1. The van der Waals surface area contributed by atoms with Gasteiger partial charge in [0.2, 0.25) is 0 Å². The Kier molecular flexibility index (Phi) is 7.42. The largest absolute Gasteiger partial charge is 0.497 e. The van der Waals surface area contributed by atoms with E-state index in [1.165, 1.54) is 26.3 Å². The number of methoxy groups -OCH3 is 1. The van der Waals surface area contributed by atoms with Crippen LogP contribution in [0, 0.1) is 0 Å². The van der Waals surface area contributed by atoms with Crippen LogP contribution < -0.4 is 14.4 Å². The second kappa shape index (κ2) is 9.57. The van der Waals surface area contributed by atoms with Crippen molar-refractivity contribution in [1.82, 2.24) is 10.2 Å². The molecule has 8 heteroatoms. The number of hydrogen-bond acceptors (Lipinski definition) is 5. The number of anilines is 1. The minimum atomic E-state index is -3.75. The van der Waals surface area contributed by atoms with Crippen LogP contribution in [-0.4, -0.2) is 60.6 Å². The number of nitrogens with one attached hydrogen (secondary N) is 1. The van der Waals surface area contributed by atoms with Crippen molar-refractivity contribution in [3.63, 3.8) is 0 Å². The summed E-state index contributed by atoms with van der Waals surface area (Å²) in [4.78, 5) is 14.5. The van der Waals surface area contributed by atoms with Gasteiger partial charge in [0, 0.05) is 19.2 Å². The fourth-order valence-electron chi connectivity index (χ4n) is 2.59. The summed E-state index contributed by atoms with van der Waals surface area (Å²) in [6, 6.07) is 12.7. The van der Waals surface area contributed by atoms with Crippen LogP contribution in [0.5, 0.6) is 5.75 Å². The zero-order chi connectivity index (χ0) is 20.7. The minimum absolute atomic E-state index is 0.148. The van der Waals surface area contributed by atoms with Gasteiger partial charge < -0.3 is 15.0 Å². The first-order chi connectivity index (χ1) is 13.3. The highest BCUT2D eigenvalue weighted by atomic mass is 32.2. The molecule has 1 amide bonds. The molecule has 7 nitrogen and oxygen atoms in total. The van der Waals surface area contributed by atoms with Gasteiger partial charge in [-0.25, -0.2) is 8.42 Å². The van der Waals surface area contributed by atoms with Crippen molar-refractivity contribution >= 4 is 21.6 Å². The van der Waals surface area contributed by atoms with Gasteiger partial charge in [0.15, 0.2) is 0 Å². The first-order valence-corrected chi connectivity index (χ1v) is 10.4. The van der Waals surface area contributed by atoms with Crippen molar-refractivity contribution in [2.75, 3.05) is 45.6 Å². The average Bonchev–Trinajstić information content (AvgIpc) is 2.70. The molecule has 0 aliphatic carbocycles. The van der Waals surface area contributed by atoms with Gasteiger partial charge in [-0.05, 0) is 69.5 Å². The number of carbonyl (C=O) groups excluding carboxylic acids is 1. The zero-order valence-electron chi connectivity index (χ0n) is 16.7. The lowest BCUT2D eigenvalue weighted by atomic mass is 10.2. The van der Waals surface area contributed by atoms with Crippen LogP contribution in [-0.2, 0) is 10.0 Å². The van der Waals surface area contributed by atoms with Gasteiger partial charge in [0.1, 0.15) is 5.75 Å². The van der Waals surface area contributed by atoms with Crippen LogP contribution >= 0.6 is 0 Å². The standard InChI is InChI=1S/C20H27N3O4S/c1-22(2)14-6-13-21-20(24)16-7-5-8-17(15-16)23(3)28(25,26)19-11-9-18(27-4)10-12-19/h5,7-12,15H,6,13-14H2,1-4H3,(H,21,24). The van der Waals surface area contributed by atoms with Crippen molar-refractivity contribution in [3.8, 4) is 5.75 Å². The lowest BCUT2D eigenvalue weighted by molar-refractivity contribution is 0.0952. The van der Waals surface area contributed by atoms with Crippen molar-refractivity contribution in [2.45, 2.75) is 11.3 Å². The maximum atomic E-state index is 12.9. The predicted molar refractivity (Wildman–Crippen MR) is 111 cm³/mol. The van der Waals surface area contributed by atoms with Gasteiger partial charge >= 0.3 is 0 Å². The molecule has 28 heavy (non-hydrogen) atoms. The Hall–Kier alpha value is -2.58. The van der Waals surface area contributed by atoms with Gasteiger partial charge in [-0.2, -0.15) is 0 Å². The topological polar surface area (TPSA) is 79.0 Å². The number of nitrogens with zero attached hydrogens (tertiary/aromatic N) is 2. The van der Waals surface area contributed by atoms with E-state index in [4.69, 9.17) is 4.74 Å². The second-order valence-electron chi connectivity index (χ2n) is 6.61. The Morgan fingerprint density at radius 2 is 1.75 bits per heavy atom. The molecule has 0 spiro atoms. The molecule has 2 aromatic rings. The van der Waals surface area contributed by atoms with E-state index in [1.807, 2.05) is 19.0 Å². The molecule has 0 aliphatic heterocycles. The smallest absolute Gasteiger partial charge is 0.264 e. The van der Waals surface area contributed by atoms with Gasteiger partial charge in [-0.3, -0.25) is 9.10 Å². The molecule has 0 aromatic heterocycles. The Morgan fingerprint density at radius 1 is 1.07 bits per heavy atom. The van der Waals surface area contributed by atoms with Gasteiger partial charge in [-0.1, -0.05) is 6.07 Å². The molecule has 2 aromatic carbocycles. The summed E-state index contributed by atoms with van der Waals surface area (Å²) in [6.45, 7) is 1.43. The number of sulfonamides is 1. The molecule has 0 saturated heterocycles. The number of hydrogen-bond donors (Lipinski definition) is 1. The minimum Gasteiger partial charge on any atom is -0.497 e. The van der Waals surface area contributed by atoms with Crippen LogP contribution in [0.2, 0.25) is 0 Å². The van der Waals surface area contributed by atoms with Crippen LogP contribution in [0.15, 0.2) is 53.4 Å². The van der Waals surface area contributed by atoms with Crippen LogP contribution in [0.1, 0.15) is 16.8 Å². The molecule has 0 atom stereocenters. The molecule has 0 aliphatic rings. The fraction of sp³-hybridized carbons (Fsp3) is 0.350.